The van der Waals surface area contributed by atoms with Gasteiger partial charge >= 0.3 is 0 Å². The van der Waals surface area contributed by atoms with Crippen LogP contribution >= 0.6 is 0 Å². The molecule has 0 aromatic rings. The summed E-state index contributed by atoms with van der Waals surface area (Å²) >= 11 is 0. The van der Waals surface area contributed by atoms with Crippen LogP contribution in [0.25, 0.3) is 0 Å². The van der Waals surface area contributed by atoms with E-state index < -0.39 is 0 Å². The van der Waals surface area contributed by atoms with Gasteiger partial charge in [0.25, 0.3) is 0 Å². The molecule has 82 valence electrons. The van der Waals surface area contributed by atoms with Crippen LogP contribution in [-0.2, 0) is 0 Å². The highest BCUT2D eigenvalue weighted by Gasteiger charge is 2.04. The van der Waals surface area contributed by atoms with Crippen molar-refractivity contribution < 1.29 is 0 Å². The summed E-state index contributed by atoms with van der Waals surface area (Å²) in [5, 5.41) is 6.79. The van der Waals surface area contributed by atoms with Crippen LogP contribution in [0.1, 0.15) is 26.2 Å². The Hall–Kier alpha value is -0.600. The van der Waals surface area contributed by atoms with Crippen molar-refractivity contribution in [3.63, 3.8) is 0 Å². The van der Waals surface area contributed by atoms with E-state index in [4.69, 9.17) is 0 Å². The fourth-order valence-electron chi connectivity index (χ4n) is 1.34. The molecule has 0 amide bonds. The predicted octanol–water partition coefficient (Wildman–Crippen LogP) is 2.10. The number of rotatable bonds is 10. The Morgan fingerprint density at radius 1 is 1.21 bits per heavy atom. The largest absolute Gasteiger partial charge is 0.312 e. The fourth-order valence-corrected chi connectivity index (χ4v) is 1.34. The summed E-state index contributed by atoms with van der Waals surface area (Å²) in [4.78, 5) is 0. The molecule has 0 radical (unpaired) electrons. The maximum Gasteiger partial charge on any atom is 0.0195 e. The van der Waals surface area contributed by atoms with Crippen LogP contribution in [-0.4, -0.2) is 25.7 Å². The van der Waals surface area contributed by atoms with E-state index in [1.165, 1.54) is 19.3 Å². The topological polar surface area (TPSA) is 24.1 Å². The highest BCUT2D eigenvalue weighted by molar-refractivity contribution is 4.78. The van der Waals surface area contributed by atoms with Gasteiger partial charge in [-0.25, -0.2) is 0 Å². The first-order valence-corrected chi connectivity index (χ1v) is 5.51. The zero-order valence-corrected chi connectivity index (χ0v) is 9.39. The molecule has 0 saturated carbocycles. The van der Waals surface area contributed by atoms with Gasteiger partial charge in [-0.2, -0.15) is 0 Å². The molecule has 0 spiro atoms. The zero-order chi connectivity index (χ0) is 10.6. The van der Waals surface area contributed by atoms with Crippen molar-refractivity contribution in [2.24, 2.45) is 0 Å². The van der Waals surface area contributed by atoms with Crippen molar-refractivity contribution in [3.05, 3.63) is 25.3 Å². The molecule has 1 unspecified atom stereocenters. The summed E-state index contributed by atoms with van der Waals surface area (Å²) in [6.07, 6.45) is 7.57. The predicted molar refractivity (Wildman–Crippen MR) is 64.6 cm³/mol. The minimum Gasteiger partial charge on any atom is -0.312 e. The van der Waals surface area contributed by atoms with Gasteiger partial charge in [0, 0.05) is 25.7 Å². The quantitative estimate of drug-likeness (QED) is 0.413. The molecule has 14 heavy (non-hydrogen) atoms. The highest BCUT2D eigenvalue weighted by atomic mass is 15.0. The van der Waals surface area contributed by atoms with Gasteiger partial charge in [-0.05, 0) is 6.42 Å². The van der Waals surface area contributed by atoms with E-state index in [9.17, 15) is 0 Å². The third-order valence-electron chi connectivity index (χ3n) is 2.14. The Balaban J connectivity index is 3.59. The molecular weight excluding hydrogens is 172 g/mol. The lowest BCUT2D eigenvalue weighted by atomic mass is 10.1. The average molecular weight is 196 g/mol. The average Bonchev–Trinajstić information content (AvgIpc) is 2.21. The molecular formula is C12H24N2. The van der Waals surface area contributed by atoms with Gasteiger partial charge in [0.2, 0.25) is 0 Å². The van der Waals surface area contributed by atoms with Gasteiger partial charge in [-0.1, -0.05) is 31.9 Å². The van der Waals surface area contributed by atoms with E-state index in [1.54, 1.807) is 0 Å². The van der Waals surface area contributed by atoms with E-state index in [0.717, 1.165) is 19.6 Å². The smallest absolute Gasteiger partial charge is 0.0195 e. The maximum absolute atomic E-state index is 3.71. The Kier molecular flexibility index (Phi) is 10.0. The minimum absolute atomic E-state index is 0.563. The van der Waals surface area contributed by atoms with Crippen LogP contribution in [0.3, 0.4) is 0 Å². The molecule has 0 aliphatic carbocycles. The second-order valence-electron chi connectivity index (χ2n) is 3.48. The molecule has 1 atom stereocenters. The van der Waals surface area contributed by atoms with Gasteiger partial charge in [-0.15, -0.1) is 13.2 Å². The Labute approximate surface area is 88.5 Å². The standard InChI is InChI=1S/C12H24N2/c1-4-7-8-12(14-10-6-3)11-13-9-5-2/h5-6,12-14H,2-4,7-11H2,1H3. The molecule has 2 N–H and O–H groups in total. The SMILES string of the molecule is C=CCNCC(CCCC)NCC=C. The van der Waals surface area contributed by atoms with Gasteiger partial charge in [0.15, 0.2) is 0 Å². The molecule has 0 rings (SSSR count). The first-order chi connectivity index (χ1) is 6.85. The van der Waals surface area contributed by atoms with Crippen molar-refractivity contribution in [2.45, 2.75) is 32.2 Å². The molecule has 2 nitrogen and oxygen atoms in total. The number of hydrogen-bond donors (Lipinski definition) is 2. The lowest BCUT2D eigenvalue weighted by Gasteiger charge is -2.17. The second kappa shape index (κ2) is 10.5. The highest BCUT2D eigenvalue weighted by Crippen LogP contribution is 1.99. The molecule has 0 aliphatic heterocycles. The molecule has 0 bridgehead atoms. The Bertz CT molecular complexity index is 143. The molecule has 0 aromatic carbocycles. The summed E-state index contributed by atoms with van der Waals surface area (Å²) in [6.45, 7) is 12.4. The lowest BCUT2D eigenvalue weighted by molar-refractivity contribution is 0.461. The molecule has 0 heterocycles. The van der Waals surface area contributed by atoms with Crippen LogP contribution < -0.4 is 10.6 Å². The van der Waals surface area contributed by atoms with Crippen LogP contribution in [0.5, 0.6) is 0 Å². The maximum atomic E-state index is 3.71. The molecule has 0 aromatic heterocycles. The summed E-state index contributed by atoms with van der Waals surface area (Å²) in [5.41, 5.74) is 0. The second-order valence-corrected chi connectivity index (χ2v) is 3.48. The number of hydrogen-bond acceptors (Lipinski definition) is 2. The van der Waals surface area contributed by atoms with Crippen LogP contribution in [0, 0.1) is 0 Å². The van der Waals surface area contributed by atoms with Gasteiger partial charge in [-0.3, -0.25) is 0 Å². The molecule has 0 aliphatic rings. The van der Waals surface area contributed by atoms with E-state index in [1.807, 2.05) is 12.2 Å². The van der Waals surface area contributed by atoms with E-state index in [-0.39, 0.29) is 0 Å². The third-order valence-corrected chi connectivity index (χ3v) is 2.14. The molecule has 0 saturated heterocycles. The van der Waals surface area contributed by atoms with Gasteiger partial charge < -0.3 is 10.6 Å². The van der Waals surface area contributed by atoms with Gasteiger partial charge in [0.1, 0.15) is 0 Å². The fraction of sp³-hybridized carbons (Fsp3) is 0.667. The van der Waals surface area contributed by atoms with Crippen molar-refractivity contribution in [1.82, 2.24) is 10.6 Å². The number of nitrogens with one attached hydrogen (secondary N) is 2. The van der Waals surface area contributed by atoms with Crippen molar-refractivity contribution in [1.29, 1.82) is 0 Å². The van der Waals surface area contributed by atoms with Crippen molar-refractivity contribution >= 4 is 0 Å². The molecule has 0 fully saturated rings. The third kappa shape index (κ3) is 8.02. The summed E-state index contributed by atoms with van der Waals surface area (Å²) in [6, 6.07) is 0.563. The van der Waals surface area contributed by atoms with Crippen LogP contribution in [0.2, 0.25) is 0 Å². The minimum atomic E-state index is 0.563. The first-order valence-electron chi connectivity index (χ1n) is 5.51. The first kappa shape index (κ1) is 13.4. The van der Waals surface area contributed by atoms with Crippen molar-refractivity contribution in [2.75, 3.05) is 19.6 Å². The Morgan fingerprint density at radius 3 is 2.50 bits per heavy atom. The lowest BCUT2D eigenvalue weighted by Crippen LogP contribution is -2.38. The summed E-state index contributed by atoms with van der Waals surface area (Å²) in [5.74, 6) is 0. The zero-order valence-electron chi connectivity index (χ0n) is 9.39. The summed E-state index contributed by atoms with van der Waals surface area (Å²) in [7, 11) is 0. The van der Waals surface area contributed by atoms with Crippen LogP contribution in [0.4, 0.5) is 0 Å². The number of unbranched alkanes of at least 4 members (excludes halogenated alkanes) is 1. The normalized spacial score (nSPS) is 12.4. The van der Waals surface area contributed by atoms with Crippen LogP contribution in [0.15, 0.2) is 25.3 Å². The van der Waals surface area contributed by atoms with E-state index >= 15 is 0 Å². The van der Waals surface area contributed by atoms with E-state index in [0.29, 0.717) is 6.04 Å². The van der Waals surface area contributed by atoms with Crippen molar-refractivity contribution in [3.8, 4) is 0 Å². The van der Waals surface area contributed by atoms with E-state index in [2.05, 4.69) is 30.7 Å². The summed E-state index contributed by atoms with van der Waals surface area (Å²) < 4.78 is 0. The monoisotopic (exact) mass is 196 g/mol. The Morgan fingerprint density at radius 2 is 1.93 bits per heavy atom. The van der Waals surface area contributed by atoms with Gasteiger partial charge in [0.05, 0.1) is 0 Å². The molecule has 2 heteroatoms.